The van der Waals surface area contributed by atoms with Crippen LogP contribution in [0, 0.1) is 6.92 Å². The standard InChI is InChI=1S/C18H22N6O/c1-13-16-17(23-10-8-19-9-11-23)20-15(12-25-2)21-18(16)24(22-13)14-6-4-3-5-7-14/h3-7,19H,8-12H2,1-2H3. The smallest absolute Gasteiger partial charge is 0.169 e. The van der Waals surface area contributed by atoms with Gasteiger partial charge in [0.05, 0.1) is 16.8 Å². The molecule has 2 aromatic heterocycles. The summed E-state index contributed by atoms with van der Waals surface area (Å²) < 4.78 is 7.19. The Hall–Kier alpha value is -2.51. The summed E-state index contributed by atoms with van der Waals surface area (Å²) in [5.74, 6) is 1.64. The van der Waals surface area contributed by atoms with E-state index >= 15 is 0 Å². The number of benzene rings is 1. The van der Waals surface area contributed by atoms with Crippen LogP contribution in [-0.4, -0.2) is 53.0 Å². The molecule has 0 unspecified atom stereocenters. The van der Waals surface area contributed by atoms with Gasteiger partial charge in [-0.2, -0.15) is 5.10 Å². The van der Waals surface area contributed by atoms with E-state index in [4.69, 9.17) is 19.8 Å². The number of ether oxygens (including phenoxy) is 1. The molecule has 7 heteroatoms. The van der Waals surface area contributed by atoms with Gasteiger partial charge in [-0.15, -0.1) is 0 Å². The minimum Gasteiger partial charge on any atom is -0.377 e. The fourth-order valence-corrected chi connectivity index (χ4v) is 3.25. The quantitative estimate of drug-likeness (QED) is 0.781. The van der Waals surface area contributed by atoms with Crippen molar-refractivity contribution < 1.29 is 4.74 Å². The molecule has 1 aliphatic heterocycles. The minimum atomic E-state index is 0.383. The molecule has 0 atom stereocenters. The van der Waals surface area contributed by atoms with Crippen molar-refractivity contribution in [2.45, 2.75) is 13.5 Å². The molecule has 0 radical (unpaired) electrons. The molecule has 4 rings (SSSR count). The van der Waals surface area contributed by atoms with Crippen LogP contribution in [0.4, 0.5) is 5.82 Å². The van der Waals surface area contributed by atoms with Crippen molar-refractivity contribution in [1.29, 1.82) is 0 Å². The fourth-order valence-electron chi connectivity index (χ4n) is 3.25. The van der Waals surface area contributed by atoms with Crippen molar-refractivity contribution in [2.24, 2.45) is 0 Å². The molecule has 130 valence electrons. The Balaban J connectivity index is 1.93. The number of rotatable bonds is 4. The number of anilines is 1. The Kier molecular flexibility index (Phi) is 4.33. The Morgan fingerprint density at radius 1 is 1.12 bits per heavy atom. The van der Waals surface area contributed by atoms with Gasteiger partial charge in [-0.1, -0.05) is 18.2 Å². The SMILES string of the molecule is COCc1nc(N2CCNCC2)c2c(C)nn(-c3ccccc3)c2n1. The molecule has 3 heterocycles. The summed E-state index contributed by atoms with van der Waals surface area (Å²) in [4.78, 5) is 11.8. The van der Waals surface area contributed by atoms with Gasteiger partial charge in [0.25, 0.3) is 0 Å². The third kappa shape index (κ3) is 2.96. The zero-order valence-electron chi connectivity index (χ0n) is 14.6. The summed E-state index contributed by atoms with van der Waals surface area (Å²) in [6, 6.07) is 10.1. The average Bonchev–Trinajstić information content (AvgIpc) is 3.00. The maximum Gasteiger partial charge on any atom is 0.169 e. The van der Waals surface area contributed by atoms with Crippen molar-refractivity contribution in [3.05, 3.63) is 41.9 Å². The maximum atomic E-state index is 5.29. The van der Waals surface area contributed by atoms with Gasteiger partial charge in [-0.05, 0) is 19.1 Å². The first-order valence-electron chi connectivity index (χ1n) is 8.54. The molecule has 1 aliphatic rings. The third-order valence-electron chi connectivity index (χ3n) is 4.42. The van der Waals surface area contributed by atoms with Crippen LogP contribution in [-0.2, 0) is 11.3 Å². The van der Waals surface area contributed by atoms with E-state index in [1.807, 2.05) is 41.9 Å². The summed E-state index contributed by atoms with van der Waals surface area (Å²) in [6.07, 6.45) is 0. The highest BCUT2D eigenvalue weighted by Crippen LogP contribution is 2.29. The van der Waals surface area contributed by atoms with Gasteiger partial charge in [0, 0.05) is 33.3 Å². The van der Waals surface area contributed by atoms with Crippen LogP contribution in [0.2, 0.25) is 0 Å². The number of hydrogen-bond acceptors (Lipinski definition) is 6. The summed E-state index contributed by atoms with van der Waals surface area (Å²) in [6.45, 7) is 6.16. The Labute approximate surface area is 146 Å². The van der Waals surface area contributed by atoms with Crippen LogP contribution in [0.1, 0.15) is 11.5 Å². The van der Waals surface area contributed by atoms with Crippen LogP contribution >= 0.6 is 0 Å². The van der Waals surface area contributed by atoms with E-state index in [1.165, 1.54) is 0 Å². The largest absolute Gasteiger partial charge is 0.377 e. The zero-order chi connectivity index (χ0) is 17.2. The molecule has 7 nitrogen and oxygen atoms in total. The highest BCUT2D eigenvalue weighted by Gasteiger charge is 2.22. The number of piperazine rings is 1. The number of para-hydroxylation sites is 1. The molecular weight excluding hydrogens is 316 g/mol. The lowest BCUT2D eigenvalue weighted by Gasteiger charge is -2.29. The third-order valence-corrected chi connectivity index (χ3v) is 4.42. The van der Waals surface area contributed by atoms with Gasteiger partial charge in [0.2, 0.25) is 0 Å². The van der Waals surface area contributed by atoms with Gasteiger partial charge in [0.1, 0.15) is 12.4 Å². The monoisotopic (exact) mass is 338 g/mol. The van der Waals surface area contributed by atoms with Gasteiger partial charge in [0.15, 0.2) is 11.5 Å². The fraction of sp³-hybridized carbons (Fsp3) is 0.389. The van der Waals surface area contributed by atoms with Gasteiger partial charge in [-0.25, -0.2) is 14.6 Å². The summed E-state index contributed by atoms with van der Waals surface area (Å²) in [5.41, 5.74) is 2.77. The van der Waals surface area contributed by atoms with Crippen molar-refractivity contribution in [1.82, 2.24) is 25.1 Å². The van der Waals surface area contributed by atoms with Crippen LogP contribution in [0.15, 0.2) is 30.3 Å². The molecule has 0 spiro atoms. The number of aromatic nitrogens is 4. The molecule has 1 saturated heterocycles. The first kappa shape index (κ1) is 16.0. The summed E-state index contributed by atoms with van der Waals surface area (Å²) in [5, 5.41) is 9.15. The molecule has 1 N–H and O–H groups in total. The van der Waals surface area contributed by atoms with E-state index in [0.717, 1.165) is 54.4 Å². The molecule has 3 aromatic rings. The molecule has 0 aliphatic carbocycles. The number of hydrogen-bond donors (Lipinski definition) is 1. The van der Waals surface area contributed by atoms with Crippen molar-refractivity contribution in [3.63, 3.8) is 0 Å². The lowest BCUT2D eigenvalue weighted by atomic mass is 10.2. The lowest BCUT2D eigenvalue weighted by molar-refractivity contribution is 0.178. The van der Waals surface area contributed by atoms with Gasteiger partial charge >= 0.3 is 0 Å². The van der Waals surface area contributed by atoms with Crippen molar-refractivity contribution in [3.8, 4) is 5.69 Å². The second-order valence-corrected chi connectivity index (χ2v) is 6.16. The van der Waals surface area contributed by atoms with Crippen LogP contribution in [0.25, 0.3) is 16.7 Å². The maximum absolute atomic E-state index is 5.29. The molecule has 0 bridgehead atoms. The van der Waals surface area contributed by atoms with Gasteiger partial charge in [-0.3, -0.25) is 0 Å². The Morgan fingerprint density at radius 2 is 1.88 bits per heavy atom. The zero-order valence-corrected chi connectivity index (χ0v) is 14.6. The van der Waals surface area contributed by atoms with Crippen LogP contribution < -0.4 is 10.2 Å². The highest BCUT2D eigenvalue weighted by molar-refractivity contribution is 5.91. The van der Waals surface area contributed by atoms with E-state index in [-0.39, 0.29) is 0 Å². The Bertz CT molecular complexity index is 870. The first-order chi connectivity index (χ1) is 12.3. The minimum absolute atomic E-state index is 0.383. The highest BCUT2D eigenvalue weighted by atomic mass is 16.5. The lowest BCUT2D eigenvalue weighted by Crippen LogP contribution is -2.44. The summed E-state index contributed by atoms with van der Waals surface area (Å²) >= 11 is 0. The topological polar surface area (TPSA) is 68.1 Å². The van der Waals surface area contributed by atoms with Gasteiger partial charge < -0.3 is 15.0 Å². The predicted molar refractivity (Wildman–Crippen MR) is 97.2 cm³/mol. The van der Waals surface area contributed by atoms with Crippen LogP contribution in [0.3, 0.4) is 0 Å². The molecule has 0 saturated carbocycles. The van der Waals surface area contributed by atoms with E-state index in [2.05, 4.69) is 10.2 Å². The van der Waals surface area contributed by atoms with E-state index in [0.29, 0.717) is 12.4 Å². The molecule has 1 fully saturated rings. The van der Waals surface area contributed by atoms with Crippen molar-refractivity contribution in [2.75, 3.05) is 38.2 Å². The van der Waals surface area contributed by atoms with Crippen molar-refractivity contribution >= 4 is 16.9 Å². The number of methoxy groups -OCH3 is 1. The molecule has 0 amide bonds. The molecule has 1 aromatic carbocycles. The Morgan fingerprint density at radius 3 is 2.60 bits per heavy atom. The number of nitrogens with zero attached hydrogens (tertiary/aromatic N) is 5. The predicted octanol–water partition coefficient (Wildman–Crippen LogP) is 1.68. The normalized spacial score (nSPS) is 15.0. The number of aryl methyl sites for hydroxylation is 1. The summed E-state index contributed by atoms with van der Waals surface area (Å²) in [7, 11) is 1.66. The molecular formula is C18H22N6O. The first-order valence-corrected chi connectivity index (χ1v) is 8.54. The second kappa shape index (κ2) is 6.78. The van der Waals surface area contributed by atoms with E-state index < -0.39 is 0 Å². The number of nitrogens with one attached hydrogen (secondary N) is 1. The molecule has 25 heavy (non-hydrogen) atoms. The number of fused-ring (bicyclic) bond motifs is 1. The van der Waals surface area contributed by atoms with E-state index in [9.17, 15) is 0 Å². The average molecular weight is 338 g/mol. The second-order valence-electron chi connectivity index (χ2n) is 6.16. The van der Waals surface area contributed by atoms with Crippen LogP contribution in [0.5, 0.6) is 0 Å². The van der Waals surface area contributed by atoms with E-state index in [1.54, 1.807) is 7.11 Å².